The number of rotatable bonds is 6. The normalized spacial score (nSPS) is 13.0. The molecule has 0 aliphatic heterocycles. The molecule has 8 heteroatoms. The summed E-state index contributed by atoms with van der Waals surface area (Å²) >= 11 is 1.37. The highest BCUT2D eigenvalue weighted by Gasteiger charge is 2.24. The van der Waals surface area contributed by atoms with Gasteiger partial charge in [0.25, 0.3) is 11.1 Å². The van der Waals surface area contributed by atoms with Crippen molar-refractivity contribution in [3.8, 4) is 5.75 Å². The van der Waals surface area contributed by atoms with Crippen LogP contribution in [-0.2, 0) is 12.0 Å². The summed E-state index contributed by atoms with van der Waals surface area (Å²) in [6.45, 7) is 10.3. The quantitative estimate of drug-likeness (QED) is 0.583. The summed E-state index contributed by atoms with van der Waals surface area (Å²) < 4.78 is 16.6. The van der Waals surface area contributed by atoms with Gasteiger partial charge in [0.05, 0.1) is 5.25 Å². The predicted molar refractivity (Wildman–Crippen MR) is 97.1 cm³/mol. The molecule has 0 saturated heterocycles. The number of hydrogen-bond donors (Lipinski definition) is 0. The zero-order chi connectivity index (χ0) is 18.7. The Labute approximate surface area is 156 Å². The molecule has 0 spiro atoms. The summed E-state index contributed by atoms with van der Waals surface area (Å²) in [6, 6.07) is 7.80. The Bertz CT molecular complexity index is 869. The first-order chi connectivity index (χ1) is 12.3. The first-order valence-electron chi connectivity index (χ1n) is 8.34. The minimum absolute atomic E-state index is 0.0930. The van der Waals surface area contributed by atoms with E-state index in [4.69, 9.17) is 13.7 Å². The summed E-state index contributed by atoms with van der Waals surface area (Å²) in [5, 5.41) is 12.4. The zero-order valence-corrected chi connectivity index (χ0v) is 16.3. The van der Waals surface area contributed by atoms with Gasteiger partial charge in [0.2, 0.25) is 5.89 Å². The topological polar surface area (TPSA) is 87.1 Å². The molecule has 1 unspecified atom stereocenters. The van der Waals surface area contributed by atoms with Crippen LogP contribution < -0.4 is 4.74 Å². The van der Waals surface area contributed by atoms with Gasteiger partial charge in [-0.2, -0.15) is 4.98 Å². The van der Waals surface area contributed by atoms with Gasteiger partial charge in [-0.3, -0.25) is 0 Å². The molecule has 7 nitrogen and oxygen atoms in total. The van der Waals surface area contributed by atoms with E-state index in [9.17, 15) is 0 Å². The monoisotopic (exact) mass is 374 g/mol. The van der Waals surface area contributed by atoms with Crippen molar-refractivity contribution >= 4 is 11.8 Å². The molecule has 2 aromatic heterocycles. The van der Waals surface area contributed by atoms with Crippen LogP contribution in [0, 0.1) is 6.92 Å². The Hall–Kier alpha value is -2.35. The Balaban J connectivity index is 1.58. The molecule has 0 radical (unpaired) electrons. The van der Waals surface area contributed by atoms with E-state index >= 15 is 0 Å². The highest BCUT2D eigenvalue weighted by Crippen LogP contribution is 2.34. The summed E-state index contributed by atoms with van der Waals surface area (Å²) in [5.74, 6) is 2.40. The predicted octanol–water partition coefficient (Wildman–Crippen LogP) is 4.49. The van der Waals surface area contributed by atoms with E-state index in [-0.39, 0.29) is 17.3 Å². The SMILES string of the molecule is Cc1cccc(OCc2nnc(SC(C)c3nc(C(C)(C)C)no3)o2)c1. The molecule has 1 atom stereocenters. The molecule has 26 heavy (non-hydrogen) atoms. The van der Waals surface area contributed by atoms with Crippen molar-refractivity contribution in [1.82, 2.24) is 20.3 Å². The van der Waals surface area contributed by atoms with E-state index < -0.39 is 0 Å². The van der Waals surface area contributed by atoms with Crippen LogP contribution in [0.25, 0.3) is 0 Å². The Morgan fingerprint density at radius 1 is 1.23 bits per heavy atom. The van der Waals surface area contributed by atoms with Gasteiger partial charge in [-0.25, -0.2) is 0 Å². The van der Waals surface area contributed by atoms with Gasteiger partial charge in [-0.1, -0.05) is 49.8 Å². The lowest BCUT2D eigenvalue weighted by Crippen LogP contribution is -2.13. The van der Waals surface area contributed by atoms with E-state index in [0.29, 0.717) is 22.8 Å². The Morgan fingerprint density at radius 3 is 2.73 bits per heavy atom. The van der Waals surface area contributed by atoms with Gasteiger partial charge in [-0.05, 0) is 31.5 Å². The maximum atomic E-state index is 5.67. The maximum Gasteiger partial charge on any atom is 0.277 e. The minimum atomic E-state index is -0.156. The molecule has 0 aliphatic carbocycles. The van der Waals surface area contributed by atoms with Crippen LogP contribution in [0.2, 0.25) is 0 Å². The first kappa shape index (κ1) is 18.4. The lowest BCUT2D eigenvalue weighted by Gasteiger charge is -2.11. The van der Waals surface area contributed by atoms with Gasteiger partial charge in [0.15, 0.2) is 12.4 Å². The second kappa shape index (κ2) is 7.49. The van der Waals surface area contributed by atoms with Crippen molar-refractivity contribution in [3.05, 3.63) is 47.4 Å². The summed E-state index contributed by atoms with van der Waals surface area (Å²) in [7, 11) is 0. The fourth-order valence-corrected chi connectivity index (χ4v) is 2.83. The highest BCUT2D eigenvalue weighted by molar-refractivity contribution is 7.99. The highest BCUT2D eigenvalue weighted by atomic mass is 32.2. The molecule has 0 amide bonds. The van der Waals surface area contributed by atoms with Crippen molar-refractivity contribution in [1.29, 1.82) is 0 Å². The van der Waals surface area contributed by atoms with Gasteiger partial charge < -0.3 is 13.7 Å². The van der Waals surface area contributed by atoms with Crippen LogP contribution in [0.1, 0.15) is 56.1 Å². The fraction of sp³-hybridized carbons (Fsp3) is 0.444. The van der Waals surface area contributed by atoms with Gasteiger partial charge in [0, 0.05) is 5.41 Å². The summed E-state index contributed by atoms with van der Waals surface area (Å²) in [6.07, 6.45) is 0. The average Bonchev–Trinajstić information content (AvgIpc) is 3.22. The molecule has 3 rings (SSSR count). The van der Waals surface area contributed by atoms with E-state index in [1.165, 1.54) is 11.8 Å². The van der Waals surface area contributed by atoms with Crippen molar-refractivity contribution in [2.24, 2.45) is 0 Å². The molecular weight excluding hydrogens is 352 g/mol. The van der Waals surface area contributed by atoms with Crippen molar-refractivity contribution in [2.45, 2.75) is 57.1 Å². The molecule has 0 saturated carbocycles. The lowest BCUT2D eigenvalue weighted by molar-refractivity contribution is 0.252. The number of benzene rings is 1. The number of nitrogens with zero attached hydrogens (tertiary/aromatic N) is 4. The fourth-order valence-electron chi connectivity index (χ4n) is 2.10. The van der Waals surface area contributed by atoms with Gasteiger partial charge in [-0.15, -0.1) is 10.2 Å². The number of hydrogen-bond acceptors (Lipinski definition) is 8. The molecule has 2 heterocycles. The van der Waals surface area contributed by atoms with E-state index in [2.05, 4.69) is 20.3 Å². The van der Waals surface area contributed by atoms with Crippen molar-refractivity contribution < 1.29 is 13.7 Å². The molecule has 1 aromatic carbocycles. The third kappa shape index (κ3) is 4.63. The lowest BCUT2D eigenvalue weighted by atomic mass is 9.96. The van der Waals surface area contributed by atoms with Crippen LogP contribution in [0.15, 0.2) is 38.4 Å². The third-order valence-electron chi connectivity index (χ3n) is 3.54. The molecule has 0 bridgehead atoms. The molecule has 0 aliphatic rings. The molecule has 3 aromatic rings. The first-order valence-corrected chi connectivity index (χ1v) is 9.22. The van der Waals surface area contributed by atoms with Crippen molar-refractivity contribution in [2.75, 3.05) is 0 Å². The van der Waals surface area contributed by atoms with Crippen LogP contribution >= 0.6 is 11.8 Å². The summed E-state index contributed by atoms with van der Waals surface area (Å²) in [5.41, 5.74) is 0.976. The van der Waals surface area contributed by atoms with Crippen molar-refractivity contribution in [3.63, 3.8) is 0 Å². The van der Waals surface area contributed by atoms with E-state index in [0.717, 1.165) is 11.3 Å². The molecule has 0 fully saturated rings. The van der Waals surface area contributed by atoms with Gasteiger partial charge >= 0.3 is 0 Å². The Kier molecular flexibility index (Phi) is 5.31. The van der Waals surface area contributed by atoms with E-state index in [1.807, 2.05) is 58.9 Å². The summed E-state index contributed by atoms with van der Waals surface area (Å²) in [4.78, 5) is 4.46. The number of ether oxygens (including phenoxy) is 1. The minimum Gasteiger partial charge on any atom is -0.484 e. The van der Waals surface area contributed by atoms with E-state index in [1.54, 1.807) is 0 Å². The second-order valence-corrected chi connectivity index (χ2v) is 8.33. The largest absolute Gasteiger partial charge is 0.484 e. The van der Waals surface area contributed by atoms with Crippen LogP contribution in [0.4, 0.5) is 0 Å². The molecule has 0 N–H and O–H groups in total. The third-order valence-corrected chi connectivity index (χ3v) is 4.46. The standard InChI is InChI=1S/C18H22N4O3S/c1-11-7-6-8-13(9-11)23-10-14-20-21-17(24-14)26-12(2)15-19-16(22-25-15)18(3,4)5/h6-9,12H,10H2,1-5H3. The second-order valence-electron chi connectivity index (χ2n) is 7.03. The van der Waals surface area contributed by atoms with Gasteiger partial charge in [0.1, 0.15) is 5.75 Å². The number of aromatic nitrogens is 4. The van der Waals surface area contributed by atoms with Crippen LogP contribution in [0.5, 0.6) is 5.75 Å². The smallest absolute Gasteiger partial charge is 0.277 e. The molecule has 138 valence electrons. The Morgan fingerprint density at radius 2 is 2.04 bits per heavy atom. The number of aryl methyl sites for hydroxylation is 1. The van der Waals surface area contributed by atoms with Crippen LogP contribution in [-0.4, -0.2) is 20.3 Å². The zero-order valence-electron chi connectivity index (χ0n) is 15.5. The average molecular weight is 374 g/mol. The van der Waals surface area contributed by atoms with Crippen LogP contribution in [0.3, 0.4) is 0 Å². The molecular formula is C18H22N4O3S. The number of thioether (sulfide) groups is 1. The maximum absolute atomic E-state index is 5.67.